The Morgan fingerprint density at radius 2 is 1.90 bits per heavy atom. The van der Waals surface area contributed by atoms with Crippen molar-refractivity contribution in [3.05, 3.63) is 46.2 Å². The van der Waals surface area contributed by atoms with Gasteiger partial charge in [0.1, 0.15) is 5.69 Å². The molecule has 0 unspecified atom stereocenters. The first-order valence-corrected chi connectivity index (χ1v) is 7.12. The van der Waals surface area contributed by atoms with Gasteiger partial charge < -0.3 is 5.73 Å². The fourth-order valence-electron chi connectivity index (χ4n) is 2.07. The van der Waals surface area contributed by atoms with Gasteiger partial charge in [-0.25, -0.2) is 4.68 Å². The molecule has 1 aromatic carbocycles. The smallest absolute Gasteiger partial charge is 0.289 e. The number of nitrogens with two attached hydrogens (primary N) is 1. The highest BCUT2D eigenvalue weighted by atomic mass is 16.1. The van der Waals surface area contributed by atoms with Crippen LogP contribution in [-0.2, 0) is 13.0 Å². The number of rotatable bonds is 5. The standard InChI is InChI=1S/C16H21N3O/c1-3-5-10-19-16(20)14(17)11-15(18-19)13-8-6-12(4-2)7-9-13/h6-9,11H,3-5,10,17H2,1-2H3. The number of hydrogen-bond donors (Lipinski definition) is 1. The summed E-state index contributed by atoms with van der Waals surface area (Å²) in [7, 11) is 0. The molecule has 0 saturated carbocycles. The van der Waals surface area contributed by atoms with Gasteiger partial charge in [0.15, 0.2) is 0 Å². The van der Waals surface area contributed by atoms with Crippen molar-refractivity contribution >= 4 is 5.69 Å². The van der Waals surface area contributed by atoms with E-state index in [1.165, 1.54) is 10.2 Å². The van der Waals surface area contributed by atoms with E-state index in [9.17, 15) is 4.79 Å². The molecular weight excluding hydrogens is 250 g/mol. The van der Waals surface area contributed by atoms with Crippen molar-refractivity contribution in [3.8, 4) is 11.3 Å². The zero-order valence-electron chi connectivity index (χ0n) is 12.1. The minimum absolute atomic E-state index is 0.202. The molecule has 4 heteroatoms. The van der Waals surface area contributed by atoms with Crippen LogP contribution in [0.15, 0.2) is 35.1 Å². The molecule has 106 valence electrons. The summed E-state index contributed by atoms with van der Waals surface area (Å²) in [6.07, 6.45) is 2.94. The van der Waals surface area contributed by atoms with Gasteiger partial charge >= 0.3 is 0 Å². The molecule has 0 spiro atoms. The van der Waals surface area contributed by atoms with E-state index >= 15 is 0 Å². The van der Waals surface area contributed by atoms with Gasteiger partial charge in [-0.3, -0.25) is 4.79 Å². The fourth-order valence-corrected chi connectivity index (χ4v) is 2.07. The van der Waals surface area contributed by atoms with Gasteiger partial charge in [0.2, 0.25) is 0 Å². The molecule has 1 heterocycles. The number of anilines is 1. The van der Waals surface area contributed by atoms with Crippen LogP contribution in [0.1, 0.15) is 32.3 Å². The number of benzene rings is 1. The van der Waals surface area contributed by atoms with Gasteiger partial charge in [-0.05, 0) is 24.5 Å². The molecule has 0 bridgehead atoms. The Bertz CT molecular complexity index is 629. The maximum Gasteiger partial charge on any atom is 0.289 e. The minimum Gasteiger partial charge on any atom is -0.394 e. The topological polar surface area (TPSA) is 60.9 Å². The van der Waals surface area contributed by atoms with Crippen LogP contribution in [0.3, 0.4) is 0 Å². The highest BCUT2D eigenvalue weighted by Gasteiger charge is 2.07. The predicted octanol–water partition coefficient (Wildman–Crippen LogP) is 2.86. The largest absolute Gasteiger partial charge is 0.394 e. The molecule has 4 nitrogen and oxygen atoms in total. The van der Waals surface area contributed by atoms with E-state index < -0.39 is 0 Å². The van der Waals surface area contributed by atoms with Gasteiger partial charge in [-0.15, -0.1) is 0 Å². The second kappa shape index (κ2) is 6.37. The van der Waals surface area contributed by atoms with Crippen LogP contribution in [-0.4, -0.2) is 9.78 Å². The Hall–Kier alpha value is -2.10. The van der Waals surface area contributed by atoms with Gasteiger partial charge in [0.05, 0.1) is 5.69 Å². The lowest BCUT2D eigenvalue weighted by atomic mass is 10.1. The first-order valence-electron chi connectivity index (χ1n) is 7.12. The number of nitrogen functional groups attached to an aromatic ring is 1. The Morgan fingerprint density at radius 3 is 2.50 bits per heavy atom. The molecule has 0 aliphatic rings. The van der Waals surface area contributed by atoms with Gasteiger partial charge in [0.25, 0.3) is 5.56 Å². The summed E-state index contributed by atoms with van der Waals surface area (Å²) in [5.74, 6) is 0. The lowest BCUT2D eigenvalue weighted by Gasteiger charge is -2.09. The Labute approximate surface area is 119 Å². The quantitative estimate of drug-likeness (QED) is 0.909. The molecule has 0 atom stereocenters. The molecule has 0 radical (unpaired) electrons. The predicted molar refractivity (Wildman–Crippen MR) is 82.6 cm³/mol. The third kappa shape index (κ3) is 3.07. The van der Waals surface area contributed by atoms with Gasteiger partial charge in [-0.1, -0.05) is 44.5 Å². The minimum atomic E-state index is -0.202. The number of aryl methyl sites for hydroxylation is 2. The summed E-state index contributed by atoms with van der Waals surface area (Å²) < 4.78 is 1.47. The number of unbranched alkanes of at least 4 members (excludes halogenated alkanes) is 1. The molecule has 0 aliphatic carbocycles. The molecule has 2 N–H and O–H groups in total. The fraction of sp³-hybridized carbons (Fsp3) is 0.375. The average Bonchev–Trinajstić information content (AvgIpc) is 2.48. The SMILES string of the molecule is CCCCn1nc(-c2ccc(CC)cc2)cc(N)c1=O. The van der Waals surface area contributed by atoms with Crippen LogP contribution in [0.5, 0.6) is 0 Å². The van der Waals surface area contributed by atoms with Crippen LogP contribution in [0, 0.1) is 0 Å². The Balaban J connectivity index is 2.40. The van der Waals surface area contributed by atoms with Gasteiger partial charge in [-0.2, -0.15) is 5.10 Å². The molecule has 2 aromatic rings. The molecule has 0 fully saturated rings. The van der Waals surface area contributed by atoms with E-state index in [4.69, 9.17) is 5.73 Å². The van der Waals surface area contributed by atoms with E-state index in [0.29, 0.717) is 6.54 Å². The number of hydrogen-bond acceptors (Lipinski definition) is 3. The Kier molecular flexibility index (Phi) is 4.56. The van der Waals surface area contributed by atoms with Crippen molar-refractivity contribution in [1.29, 1.82) is 0 Å². The van der Waals surface area contributed by atoms with Crippen molar-refractivity contribution in [2.45, 2.75) is 39.7 Å². The van der Waals surface area contributed by atoms with Crippen LogP contribution >= 0.6 is 0 Å². The lowest BCUT2D eigenvalue weighted by Crippen LogP contribution is -2.25. The number of nitrogens with zero attached hydrogens (tertiary/aromatic N) is 2. The highest BCUT2D eigenvalue weighted by Crippen LogP contribution is 2.18. The van der Waals surface area contributed by atoms with Crippen molar-refractivity contribution < 1.29 is 0 Å². The summed E-state index contributed by atoms with van der Waals surface area (Å²) in [4.78, 5) is 11.9. The van der Waals surface area contributed by atoms with Crippen molar-refractivity contribution in [1.82, 2.24) is 9.78 Å². The third-order valence-electron chi connectivity index (χ3n) is 3.38. The second-order valence-corrected chi connectivity index (χ2v) is 4.92. The maximum absolute atomic E-state index is 11.9. The zero-order valence-corrected chi connectivity index (χ0v) is 12.1. The monoisotopic (exact) mass is 271 g/mol. The average molecular weight is 271 g/mol. The zero-order chi connectivity index (χ0) is 14.5. The molecular formula is C16H21N3O. The highest BCUT2D eigenvalue weighted by molar-refractivity contribution is 5.62. The molecule has 1 aromatic heterocycles. The van der Waals surface area contributed by atoms with Crippen molar-refractivity contribution in [3.63, 3.8) is 0 Å². The normalized spacial score (nSPS) is 10.7. The molecule has 0 aliphatic heterocycles. The Morgan fingerprint density at radius 1 is 1.20 bits per heavy atom. The number of aromatic nitrogens is 2. The van der Waals surface area contributed by atoms with Crippen LogP contribution in [0.4, 0.5) is 5.69 Å². The summed E-state index contributed by atoms with van der Waals surface area (Å²) in [5.41, 5.74) is 8.88. The van der Waals surface area contributed by atoms with Crippen molar-refractivity contribution in [2.24, 2.45) is 0 Å². The van der Waals surface area contributed by atoms with E-state index in [-0.39, 0.29) is 11.2 Å². The maximum atomic E-state index is 11.9. The van der Waals surface area contributed by atoms with E-state index in [2.05, 4.69) is 31.1 Å². The van der Waals surface area contributed by atoms with E-state index in [1.807, 2.05) is 12.1 Å². The van der Waals surface area contributed by atoms with Crippen LogP contribution in [0.2, 0.25) is 0 Å². The van der Waals surface area contributed by atoms with Gasteiger partial charge in [0, 0.05) is 12.1 Å². The van der Waals surface area contributed by atoms with Crippen molar-refractivity contribution in [2.75, 3.05) is 5.73 Å². The summed E-state index contributed by atoms with van der Waals surface area (Å²) in [6, 6.07) is 9.86. The molecule has 2 rings (SSSR count). The first-order chi connectivity index (χ1) is 9.65. The molecule has 0 saturated heterocycles. The van der Waals surface area contributed by atoms with Crippen LogP contribution < -0.4 is 11.3 Å². The van der Waals surface area contributed by atoms with E-state index in [0.717, 1.165) is 30.5 Å². The summed E-state index contributed by atoms with van der Waals surface area (Å²) in [6.45, 7) is 4.82. The lowest BCUT2D eigenvalue weighted by molar-refractivity contribution is 0.547. The summed E-state index contributed by atoms with van der Waals surface area (Å²) in [5, 5.41) is 4.42. The van der Waals surface area contributed by atoms with E-state index in [1.54, 1.807) is 6.07 Å². The molecule has 20 heavy (non-hydrogen) atoms. The second-order valence-electron chi connectivity index (χ2n) is 4.92. The third-order valence-corrected chi connectivity index (χ3v) is 3.38. The first kappa shape index (κ1) is 14.3. The molecule has 0 amide bonds. The summed E-state index contributed by atoms with van der Waals surface area (Å²) >= 11 is 0. The van der Waals surface area contributed by atoms with Crippen LogP contribution in [0.25, 0.3) is 11.3 Å².